The Bertz CT molecular complexity index is 463. The number of rotatable bonds is 4. The summed E-state index contributed by atoms with van der Waals surface area (Å²) in [5.74, 6) is 0.785. The van der Waals surface area contributed by atoms with Crippen LogP contribution in [-0.2, 0) is 11.3 Å². The summed E-state index contributed by atoms with van der Waals surface area (Å²) < 4.78 is 5.23. The van der Waals surface area contributed by atoms with Crippen LogP contribution >= 0.6 is 35.6 Å². The van der Waals surface area contributed by atoms with Crippen molar-refractivity contribution in [1.82, 2.24) is 10.6 Å². The molecule has 0 saturated carbocycles. The second-order valence-electron chi connectivity index (χ2n) is 5.17. The Kier molecular flexibility index (Phi) is 7.05. The van der Waals surface area contributed by atoms with Gasteiger partial charge in [-0.3, -0.25) is 4.99 Å². The molecule has 2 rings (SSSR count). The first-order valence-electron chi connectivity index (χ1n) is 6.39. The molecule has 0 bridgehead atoms. The predicted octanol–water partition coefficient (Wildman–Crippen LogP) is 2.66. The lowest BCUT2D eigenvalue weighted by Crippen LogP contribution is -2.50. The van der Waals surface area contributed by atoms with E-state index in [4.69, 9.17) is 16.3 Å². The van der Waals surface area contributed by atoms with Crippen LogP contribution in [0.1, 0.15) is 12.5 Å². The minimum Gasteiger partial charge on any atom is -0.380 e. The van der Waals surface area contributed by atoms with Crippen molar-refractivity contribution in [2.45, 2.75) is 13.5 Å². The zero-order valence-corrected chi connectivity index (χ0v) is 14.9. The largest absolute Gasteiger partial charge is 0.380 e. The van der Waals surface area contributed by atoms with Gasteiger partial charge in [-0.2, -0.15) is 0 Å². The zero-order chi connectivity index (χ0) is 13.7. The number of nitrogens with zero attached hydrogens (tertiary/aromatic N) is 1. The van der Waals surface area contributed by atoms with Crippen LogP contribution in [0.2, 0.25) is 5.02 Å². The molecule has 1 aromatic rings. The topological polar surface area (TPSA) is 45.7 Å². The average molecular weight is 410 g/mol. The summed E-state index contributed by atoms with van der Waals surface area (Å²) in [6, 6.07) is 7.80. The molecular formula is C14H21ClIN3O. The number of hydrogen-bond acceptors (Lipinski definition) is 2. The van der Waals surface area contributed by atoms with Crippen LogP contribution < -0.4 is 10.6 Å². The second kappa shape index (κ2) is 8.05. The monoisotopic (exact) mass is 409 g/mol. The van der Waals surface area contributed by atoms with E-state index in [1.165, 1.54) is 0 Å². The first-order valence-corrected chi connectivity index (χ1v) is 6.76. The first kappa shape index (κ1) is 17.5. The fourth-order valence-corrected chi connectivity index (χ4v) is 2.09. The molecular weight excluding hydrogens is 389 g/mol. The molecule has 20 heavy (non-hydrogen) atoms. The molecule has 0 atom stereocenters. The van der Waals surface area contributed by atoms with Crippen molar-refractivity contribution in [2.24, 2.45) is 10.4 Å². The quantitative estimate of drug-likeness (QED) is 0.457. The summed E-state index contributed by atoms with van der Waals surface area (Å²) in [6.45, 7) is 5.33. The smallest absolute Gasteiger partial charge is 0.191 e. The Balaban J connectivity index is 0.00000200. The van der Waals surface area contributed by atoms with Gasteiger partial charge in [-0.1, -0.05) is 36.7 Å². The van der Waals surface area contributed by atoms with Crippen molar-refractivity contribution in [3.05, 3.63) is 34.9 Å². The van der Waals surface area contributed by atoms with Crippen molar-refractivity contribution in [3.63, 3.8) is 0 Å². The van der Waals surface area contributed by atoms with Gasteiger partial charge in [0.05, 0.1) is 13.2 Å². The highest BCUT2D eigenvalue weighted by atomic mass is 127. The molecule has 0 aromatic heterocycles. The zero-order valence-electron chi connectivity index (χ0n) is 11.8. The summed E-state index contributed by atoms with van der Waals surface area (Å²) in [5.41, 5.74) is 1.28. The van der Waals surface area contributed by atoms with Gasteiger partial charge >= 0.3 is 0 Å². The number of ether oxygens (including phenoxy) is 1. The number of benzene rings is 1. The van der Waals surface area contributed by atoms with Crippen LogP contribution in [0.3, 0.4) is 0 Å². The van der Waals surface area contributed by atoms with Crippen LogP contribution in [0.15, 0.2) is 29.3 Å². The standard InChI is InChI=1S/C14H20ClN3O.HI/c1-14(9-19-10-14)8-18-13(16-2)17-7-11-5-3-4-6-12(11)15;/h3-6H,7-10H2,1-2H3,(H2,16,17,18);1H. The van der Waals surface area contributed by atoms with E-state index in [2.05, 4.69) is 22.5 Å². The molecule has 0 amide bonds. The van der Waals surface area contributed by atoms with Crippen molar-refractivity contribution >= 4 is 41.5 Å². The lowest BCUT2D eigenvalue weighted by atomic mass is 9.89. The minimum atomic E-state index is 0. The first-order chi connectivity index (χ1) is 9.13. The Morgan fingerprint density at radius 2 is 2.05 bits per heavy atom. The van der Waals surface area contributed by atoms with Gasteiger partial charge in [0.25, 0.3) is 0 Å². The maximum atomic E-state index is 6.12. The van der Waals surface area contributed by atoms with Gasteiger partial charge in [0.15, 0.2) is 5.96 Å². The van der Waals surface area contributed by atoms with Gasteiger partial charge in [-0.25, -0.2) is 0 Å². The Labute approximate surface area is 142 Å². The third-order valence-electron chi connectivity index (χ3n) is 3.21. The predicted molar refractivity (Wildman–Crippen MR) is 94.0 cm³/mol. The van der Waals surface area contributed by atoms with Crippen molar-refractivity contribution in [3.8, 4) is 0 Å². The van der Waals surface area contributed by atoms with Crippen molar-refractivity contribution < 1.29 is 4.74 Å². The summed E-state index contributed by atoms with van der Waals surface area (Å²) in [4.78, 5) is 4.20. The van der Waals surface area contributed by atoms with Gasteiger partial charge in [0.2, 0.25) is 0 Å². The van der Waals surface area contributed by atoms with Gasteiger partial charge in [-0.05, 0) is 11.6 Å². The lowest BCUT2D eigenvalue weighted by molar-refractivity contribution is -0.0971. The fourth-order valence-electron chi connectivity index (χ4n) is 1.89. The van der Waals surface area contributed by atoms with Gasteiger partial charge in [-0.15, -0.1) is 24.0 Å². The molecule has 1 heterocycles. The van der Waals surface area contributed by atoms with E-state index in [0.29, 0.717) is 6.54 Å². The van der Waals surface area contributed by atoms with E-state index >= 15 is 0 Å². The highest BCUT2D eigenvalue weighted by Gasteiger charge is 2.33. The van der Waals surface area contributed by atoms with Crippen LogP contribution in [0.5, 0.6) is 0 Å². The number of nitrogens with one attached hydrogen (secondary N) is 2. The van der Waals surface area contributed by atoms with Gasteiger partial charge in [0.1, 0.15) is 0 Å². The average Bonchev–Trinajstić information content (AvgIpc) is 2.38. The molecule has 1 saturated heterocycles. The second-order valence-corrected chi connectivity index (χ2v) is 5.58. The molecule has 1 aliphatic rings. The number of hydrogen-bond donors (Lipinski definition) is 2. The number of guanidine groups is 1. The molecule has 0 aliphatic carbocycles. The maximum absolute atomic E-state index is 6.12. The third kappa shape index (κ3) is 4.79. The molecule has 2 N–H and O–H groups in total. The summed E-state index contributed by atoms with van der Waals surface area (Å²) in [6.07, 6.45) is 0. The van der Waals surface area contributed by atoms with Crippen LogP contribution in [0.25, 0.3) is 0 Å². The van der Waals surface area contributed by atoms with Crippen LogP contribution in [0, 0.1) is 5.41 Å². The molecule has 0 radical (unpaired) electrons. The van der Waals surface area contributed by atoms with E-state index in [-0.39, 0.29) is 29.4 Å². The van der Waals surface area contributed by atoms with E-state index in [0.717, 1.165) is 36.3 Å². The number of halogens is 2. The number of aliphatic imine (C=N–C) groups is 1. The van der Waals surface area contributed by atoms with E-state index < -0.39 is 0 Å². The minimum absolute atomic E-state index is 0. The molecule has 1 aliphatic heterocycles. The summed E-state index contributed by atoms with van der Waals surface area (Å²) in [7, 11) is 1.77. The van der Waals surface area contributed by atoms with Crippen LogP contribution in [-0.4, -0.2) is 32.8 Å². The fraction of sp³-hybridized carbons (Fsp3) is 0.500. The highest BCUT2D eigenvalue weighted by Crippen LogP contribution is 2.24. The molecule has 0 spiro atoms. The third-order valence-corrected chi connectivity index (χ3v) is 3.58. The Morgan fingerprint density at radius 3 is 2.60 bits per heavy atom. The molecule has 1 aromatic carbocycles. The summed E-state index contributed by atoms with van der Waals surface area (Å²) in [5, 5.41) is 7.35. The van der Waals surface area contributed by atoms with E-state index in [1.54, 1.807) is 7.05 Å². The highest BCUT2D eigenvalue weighted by molar-refractivity contribution is 14.0. The van der Waals surface area contributed by atoms with Crippen molar-refractivity contribution in [2.75, 3.05) is 26.8 Å². The van der Waals surface area contributed by atoms with Gasteiger partial charge < -0.3 is 15.4 Å². The Morgan fingerprint density at radius 1 is 1.35 bits per heavy atom. The van der Waals surface area contributed by atoms with E-state index in [1.807, 2.05) is 24.3 Å². The SMILES string of the molecule is CN=C(NCc1ccccc1Cl)NCC1(C)COC1.I. The molecule has 1 fully saturated rings. The molecule has 0 unspecified atom stereocenters. The molecule has 4 nitrogen and oxygen atoms in total. The normalized spacial score (nSPS) is 16.9. The summed E-state index contributed by atoms with van der Waals surface area (Å²) >= 11 is 6.12. The van der Waals surface area contributed by atoms with Crippen molar-refractivity contribution in [1.29, 1.82) is 0 Å². The maximum Gasteiger partial charge on any atom is 0.191 e. The van der Waals surface area contributed by atoms with Gasteiger partial charge in [0, 0.05) is 30.6 Å². The van der Waals surface area contributed by atoms with E-state index in [9.17, 15) is 0 Å². The van der Waals surface area contributed by atoms with Crippen LogP contribution in [0.4, 0.5) is 0 Å². The molecule has 112 valence electrons. The molecule has 6 heteroatoms. The lowest BCUT2D eigenvalue weighted by Gasteiger charge is -2.38. The Hall–Kier alpha value is -0.530.